The van der Waals surface area contributed by atoms with Crippen molar-refractivity contribution in [1.82, 2.24) is 19.9 Å². The van der Waals surface area contributed by atoms with Crippen LogP contribution >= 0.6 is 0 Å². The first-order chi connectivity index (χ1) is 11.3. The Hall–Kier alpha value is -2.60. The molecule has 3 aromatic rings. The van der Waals surface area contributed by atoms with Gasteiger partial charge in [-0.1, -0.05) is 12.1 Å². The van der Waals surface area contributed by atoms with Crippen molar-refractivity contribution in [3.05, 3.63) is 42.7 Å². The molecule has 3 heterocycles. The maximum absolute atomic E-state index is 5.82. The van der Waals surface area contributed by atoms with Crippen LogP contribution in [0.15, 0.2) is 42.7 Å². The summed E-state index contributed by atoms with van der Waals surface area (Å²) in [6.07, 6.45) is 3.78. The van der Waals surface area contributed by atoms with Crippen LogP contribution < -0.4 is 15.4 Å². The largest absolute Gasteiger partial charge is 0.492 e. The molecular formula is C17H19N5O. The summed E-state index contributed by atoms with van der Waals surface area (Å²) in [5.74, 6) is 1.72. The van der Waals surface area contributed by atoms with E-state index in [2.05, 4.69) is 28.7 Å². The third-order valence-corrected chi connectivity index (χ3v) is 3.91. The summed E-state index contributed by atoms with van der Waals surface area (Å²) in [4.78, 5) is 4.73. The first-order valence-corrected chi connectivity index (χ1v) is 7.84. The fourth-order valence-electron chi connectivity index (χ4n) is 2.77. The molecule has 2 N–H and O–H groups in total. The van der Waals surface area contributed by atoms with E-state index in [4.69, 9.17) is 9.72 Å². The Labute approximate surface area is 134 Å². The Morgan fingerprint density at radius 3 is 3.22 bits per heavy atom. The molecule has 0 saturated heterocycles. The van der Waals surface area contributed by atoms with Gasteiger partial charge in [-0.25, -0.2) is 9.50 Å². The number of hydrogen-bond acceptors (Lipinski definition) is 5. The van der Waals surface area contributed by atoms with Crippen molar-refractivity contribution in [3.8, 4) is 16.9 Å². The van der Waals surface area contributed by atoms with E-state index in [-0.39, 0.29) is 6.04 Å². The molecule has 0 saturated carbocycles. The molecule has 0 aliphatic carbocycles. The van der Waals surface area contributed by atoms with Crippen molar-refractivity contribution < 1.29 is 4.74 Å². The van der Waals surface area contributed by atoms with Gasteiger partial charge in [0.05, 0.1) is 6.20 Å². The van der Waals surface area contributed by atoms with Gasteiger partial charge in [-0.05, 0) is 30.7 Å². The van der Waals surface area contributed by atoms with Crippen LogP contribution in [0.4, 0.5) is 5.82 Å². The zero-order chi connectivity index (χ0) is 15.6. The number of anilines is 1. The second-order valence-corrected chi connectivity index (χ2v) is 5.77. The predicted octanol–water partition coefficient (Wildman–Crippen LogP) is 2.18. The first kappa shape index (κ1) is 14.0. The van der Waals surface area contributed by atoms with Crippen LogP contribution in [-0.2, 0) is 0 Å². The van der Waals surface area contributed by atoms with E-state index in [1.165, 1.54) is 0 Å². The lowest BCUT2D eigenvalue weighted by Crippen LogP contribution is -2.33. The Bertz CT molecular complexity index is 829. The molecule has 0 spiro atoms. The van der Waals surface area contributed by atoms with Crippen molar-refractivity contribution in [1.29, 1.82) is 0 Å². The molecule has 4 bridgehead atoms. The van der Waals surface area contributed by atoms with E-state index < -0.39 is 0 Å². The smallest absolute Gasteiger partial charge is 0.165 e. The summed E-state index contributed by atoms with van der Waals surface area (Å²) in [6.45, 7) is 4.43. The van der Waals surface area contributed by atoms with Crippen LogP contribution in [0.1, 0.15) is 6.92 Å². The maximum atomic E-state index is 5.82. The van der Waals surface area contributed by atoms with Crippen LogP contribution in [0.5, 0.6) is 5.75 Å². The van der Waals surface area contributed by atoms with Crippen molar-refractivity contribution in [2.24, 2.45) is 0 Å². The van der Waals surface area contributed by atoms with Crippen LogP contribution in [-0.4, -0.2) is 40.3 Å². The van der Waals surface area contributed by atoms with Gasteiger partial charge in [-0.3, -0.25) is 0 Å². The fraction of sp³-hybridized carbons (Fsp3) is 0.294. The second-order valence-electron chi connectivity index (χ2n) is 5.77. The van der Waals surface area contributed by atoms with Gasteiger partial charge in [-0.2, -0.15) is 5.10 Å². The summed E-state index contributed by atoms with van der Waals surface area (Å²) < 4.78 is 7.62. The molecule has 1 unspecified atom stereocenters. The molecule has 1 aliphatic heterocycles. The normalized spacial score (nSPS) is 18.2. The van der Waals surface area contributed by atoms with Crippen LogP contribution in [0, 0.1) is 0 Å². The zero-order valence-electron chi connectivity index (χ0n) is 13.0. The highest BCUT2D eigenvalue weighted by Gasteiger charge is 2.11. The van der Waals surface area contributed by atoms with E-state index in [9.17, 15) is 0 Å². The molecule has 1 aliphatic rings. The third kappa shape index (κ3) is 2.85. The zero-order valence-corrected chi connectivity index (χ0v) is 13.0. The average molecular weight is 309 g/mol. The van der Waals surface area contributed by atoms with Gasteiger partial charge in [-0.15, -0.1) is 0 Å². The Balaban J connectivity index is 1.83. The summed E-state index contributed by atoms with van der Waals surface area (Å²) in [5.41, 5.74) is 2.89. The number of nitrogens with one attached hydrogen (secondary N) is 2. The quantitative estimate of drug-likeness (QED) is 0.666. The van der Waals surface area contributed by atoms with Gasteiger partial charge >= 0.3 is 0 Å². The van der Waals surface area contributed by atoms with Crippen LogP contribution in [0.3, 0.4) is 0 Å². The molecule has 0 fully saturated rings. The Kier molecular flexibility index (Phi) is 3.59. The number of ether oxygens (including phenoxy) is 1. The second kappa shape index (κ2) is 5.89. The number of aromatic nitrogens is 3. The number of nitrogens with zero attached hydrogens (tertiary/aromatic N) is 3. The number of fused-ring (bicyclic) bond motifs is 4. The molecule has 118 valence electrons. The minimum atomic E-state index is 0.275. The van der Waals surface area contributed by atoms with Crippen molar-refractivity contribution in [2.45, 2.75) is 13.0 Å². The van der Waals surface area contributed by atoms with E-state index in [1.54, 1.807) is 4.52 Å². The molecule has 2 aromatic heterocycles. The Morgan fingerprint density at radius 2 is 2.26 bits per heavy atom. The van der Waals surface area contributed by atoms with Crippen molar-refractivity contribution in [2.75, 3.05) is 25.0 Å². The summed E-state index contributed by atoms with van der Waals surface area (Å²) in [6, 6.07) is 10.3. The lowest BCUT2D eigenvalue weighted by molar-refractivity contribution is 0.313. The van der Waals surface area contributed by atoms with Gasteiger partial charge in [0.2, 0.25) is 0 Å². The highest BCUT2D eigenvalue weighted by atomic mass is 16.5. The van der Waals surface area contributed by atoms with Gasteiger partial charge in [0.1, 0.15) is 18.2 Å². The van der Waals surface area contributed by atoms with Crippen molar-refractivity contribution >= 4 is 11.5 Å². The van der Waals surface area contributed by atoms with E-state index in [1.807, 2.05) is 36.7 Å². The molecule has 0 radical (unpaired) electrons. The monoisotopic (exact) mass is 309 g/mol. The topological polar surface area (TPSA) is 63.5 Å². The molecule has 6 nitrogen and oxygen atoms in total. The maximum Gasteiger partial charge on any atom is 0.165 e. The van der Waals surface area contributed by atoms with Crippen LogP contribution in [0.2, 0.25) is 0 Å². The number of benzene rings is 1. The van der Waals surface area contributed by atoms with Gasteiger partial charge in [0, 0.05) is 30.9 Å². The molecule has 1 aromatic carbocycles. The molecule has 1 atom stereocenters. The van der Waals surface area contributed by atoms with E-state index in [0.29, 0.717) is 6.61 Å². The van der Waals surface area contributed by atoms with Gasteiger partial charge in [0.15, 0.2) is 5.65 Å². The summed E-state index contributed by atoms with van der Waals surface area (Å²) >= 11 is 0. The third-order valence-electron chi connectivity index (χ3n) is 3.91. The standard InChI is InChI=1S/C17H19N5O/c1-12-10-18-6-8-23-14-4-2-3-13(9-14)15-11-19-22-7-5-16(20-12)21-17(15)22/h2-5,7,9,11-12,18H,6,8,10H2,1H3,(H,20,21). The molecule has 6 heteroatoms. The summed E-state index contributed by atoms with van der Waals surface area (Å²) in [5, 5.41) is 11.2. The first-order valence-electron chi connectivity index (χ1n) is 7.84. The lowest BCUT2D eigenvalue weighted by atomic mass is 10.1. The highest BCUT2D eigenvalue weighted by Crippen LogP contribution is 2.27. The molecule has 0 amide bonds. The number of rotatable bonds is 0. The van der Waals surface area contributed by atoms with E-state index >= 15 is 0 Å². The fourth-order valence-corrected chi connectivity index (χ4v) is 2.77. The highest BCUT2D eigenvalue weighted by molar-refractivity contribution is 5.78. The average Bonchev–Trinajstić information content (AvgIpc) is 2.97. The summed E-state index contributed by atoms with van der Waals surface area (Å²) in [7, 11) is 0. The van der Waals surface area contributed by atoms with Gasteiger partial charge in [0.25, 0.3) is 0 Å². The van der Waals surface area contributed by atoms with Crippen LogP contribution in [0.25, 0.3) is 16.8 Å². The minimum absolute atomic E-state index is 0.275. The van der Waals surface area contributed by atoms with E-state index in [0.717, 1.165) is 41.4 Å². The predicted molar refractivity (Wildman–Crippen MR) is 89.9 cm³/mol. The van der Waals surface area contributed by atoms with Crippen molar-refractivity contribution in [3.63, 3.8) is 0 Å². The molecular weight excluding hydrogens is 290 g/mol. The number of hydrogen-bond donors (Lipinski definition) is 2. The Morgan fingerprint density at radius 1 is 1.30 bits per heavy atom. The molecule has 23 heavy (non-hydrogen) atoms. The lowest BCUT2D eigenvalue weighted by Gasteiger charge is -2.16. The minimum Gasteiger partial charge on any atom is -0.492 e. The SMILES string of the molecule is CC1CNCCOc2cccc(c2)-c2cnn3ccc(nc23)N1. The van der Waals surface area contributed by atoms with Gasteiger partial charge < -0.3 is 15.4 Å². The molecule has 4 rings (SSSR count).